The van der Waals surface area contributed by atoms with Crippen molar-refractivity contribution >= 4 is 5.92 Å². The van der Waals surface area contributed by atoms with Crippen LogP contribution in [0.1, 0.15) is 21.2 Å². The molecule has 123 valence electrons. The van der Waals surface area contributed by atoms with Gasteiger partial charge in [0.1, 0.15) is 0 Å². The van der Waals surface area contributed by atoms with E-state index in [-0.39, 0.29) is 9.41 Å². The van der Waals surface area contributed by atoms with E-state index >= 15 is 0 Å². The molecule has 24 heavy (non-hydrogen) atoms. The Morgan fingerprint density at radius 2 is 1.42 bits per heavy atom. The van der Waals surface area contributed by atoms with E-state index < -0.39 is 26.8 Å². The van der Waals surface area contributed by atoms with Crippen LogP contribution < -0.4 is 9.41 Å². The van der Waals surface area contributed by atoms with E-state index in [2.05, 4.69) is 79.9 Å². The normalized spacial score (nSPS) is 14.5. The predicted molar refractivity (Wildman–Crippen MR) is 94.4 cm³/mol. The number of halogens is 2. The van der Waals surface area contributed by atoms with E-state index in [0.29, 0.717) is 0 Å². The third kappa shape index (κ3) is 3.07. The van der Waals surface area contributed by atoms with Crippen molar-refractivity contribution in [3.05, 3.63) is 81.2 Å². The first-order chi connectivity index (χ1) is 10.8. The molecular weight excluding hydrogens is 398 g/mol. The van der Waals surface area contributed by atoms with Gasteiger partial charge in [-0.2, -0.15) is 0 Å². The summed E-state index contributed by atoms with van der Waals surface area (Å²) in [7, 11) is 0. The van der Waals surface area contributed by atoms with Crippen LogP contribution in [0.2, 0.25) is 13.1 Å². The molecule has 2 aromatic carbocycles. The van der Waals surface area contributed by atoms with Crippen LogP contribution in [0.5, 0.6) is 0 Å². The largest absolute Gasteiger partial charge is 1.00 e. The van der Waals surface area contributed by atoms with Crippen molar-refractivity contribution in [2.45, 2.75) is 23.1 Å². The van der Waals surface area contributed by atoms with Crippen LogP contribution in [0.4, 0.5) is 0 Å². The molecule has 0 saturated carbocycles. The van der Waals surface area contributed by atoms with Gasteiger partial charge in [-0.3, -0.25) is 0 Å². The van der Waals surface area contributed by atoms with Gasteiger partial charge in [0.25, 0.3) is 0 Å². The second-order valence-corrected chi connectivity index (χ2v) is 26.3. The summed E-state index contributed by atoms with van der Waals surface area (Å²) in [6.07, 6.45) is 8.35. The quantitative estimate of drug-likeness (QED) is 0.573. The molecule has 2 aliphatic carbocycles. The summed E-state index contributed by atoms with van der Waals surface area (Å²) >= 11 is -1.64. The number of rotatable bonds is 3. The summed E-state index contributed by atoms with van der Waals surface area (Å²) in [5.41, 5.74) is 6.27. The van der Waals surface area contributed by atoms with E-state index in [0.717, 1.165) is 3.63 Å². The average molecular weight is 419 g/mol. The van der Waals surface area contributed by atoms with Crippen molar-refractivity contribution < 1.29 is 30.3 Å². The third-order valence-corrected chi connectivity index (χ3v) is 25.3. The van der Waals surface area contributed by atoms with E-state index in [4.69, 9.17) is 0 Å². The Balaban J connectivity index is 0.00000104. The molecule has 0 saturated heterocycles. The van der Waals surface area contributed by atoms with Gasteiger partial charge in [0.05, 0.1) is 0 Å². The van der Waals surface area contributed by atoms with Gasteiger partial charge in [0.15, 0.2) is 0 Å². The maximum absolute atomic E-state index is 2.59. The first-order valence-corrected chi connectivity index (χ1v) is 18.0. The molecule has 0 heterocycles. The van der Waals surface area contributed by atoms with Crippen LogP contribution in [0.15, 0.2) is 70.0 Å². The fourth-order valence-corrected chi connectivity index (χ4v) is 24.6. The van der Waals surface area contributed by atoms with Crippen LogP contribution in [0.25, 0.3) is 11.1 Å². The molecule has 0 bridgehead atoms. The van der Waals surface area contributed by atoms with Gasteiger partial charge in [0, 0.05) is 0 Å². The zero-order valence-electron chi connectivity index (χ0n) is 14.0. The van der Waals surface area contributed by atoms with Gasteiger partial charge >= 0.3 is 142 Å². The van der Waals surface area contributed by atoms with Gasteiger partial charge < -0.3 is 9.41 Å². The van der Waals surface area contributed by atoms with Crippen molar-refractivity contribution in [2.75, 3.05) is 0 Å². The van der Waals surface area contributed by atoms with Crippen molar-refractivity contribution in [1.29, 1.82) is 0 Å². The fourth-order valence-electron chi connectivity index (χ4n) is 4.04. The smallest absolute Gasteiger partial charge is 1.00 e. The molecule has 0 nitrogen and oxygen atoms in total. The first kappa shape index (κ1) is 19.2. The summed E-state index contributed by atoms with van der Waals surface area (Å²) < 4.78 is 2.60. The van der Waals surface area contributed by atoms with Gasteiger partial charge in [-0.05, 0) is 0 Å². The molecule has 2 aromatic rings. The number of fused-ring (bicyclic) bond motifs is 3. The van der Waals surface area contributed by atoms with E-state index in [1.165, 1.54) is 17.5 Å². The molecule has 2 aliphatic rings. The molecule has 4 heteroatoms. The number of hydrogen-bond donors (Lipinski definition) is 0. The number of hydrogen-bond acceptors (Lipinski definition) is 0. The second-order valence-electron chi connectivity index (χ2n) is 6.54. The Kier molecular flexibility index (Phi) is 6.28. The molecule has 4 rings (SSSR count). The van der Waals surface area contributed by atoms with Crippen molar-refractivity contribution in [3.63, 3.8) is 0 Å². The predicted octanol–water partition coefficient (Wildman–Crippen LogP) is -0.790. The van der Waals surface area contributed by atoms with Crippen LogP contribution in [0, 0.1) is 0 Å². The number of benzene rings is 2. The summed E-state index contributed by atoms with van der Waals surface area (Å²) in [6, 6.07) is 18.3. The van der Waals surface area contributed by atoms with E-state index in [1.807, 2.05) is 3.28 Å². The Bertz CT molecular complexity index is 737. The van der Waals surface area contributed by atoms with Gasteiger partial charge in [0.2, 0.25) is 0 Å². The molecule has 0 aromatic heterocycles. The van der Waals surface area contributed by atoms with Gasteiger partial charge in [-0.1, -0.05) is 0 Å². The van der Waals surface area contributed by atoms with Crippen LogP contribution in [-0.4, -0.2) is 5.92 Å². The average Bonchev–Trinajstić information content (AvgIpc) is 3.16. The Hall–Kier alpha value is -1.12. The summed E-state index contributed by atoms with van der Waals surface area (Å²) in [5.74, 6) is -0.621. The summed E-state index contributed by atoms with van der Waals surface area (Å²) in [5, 5.41) is 0. The number of allylic oxidation sites excluding steroid dienone is 4. The zero-order valence-corrected chi connectivity index (χ0v) is 17.6. The minimum absolute atomic E-state index is 0. The van der Waals surface area contributed by atoms with Crippen molar-refractivity contribution in [1.82, 2.24) is 0 Å². The molecular formula is C20H21F2SiZr. The maximum Gasteiger partial charge on any atom is -1.00 e. The van der Waals surface area contributed by atoms with Crippen molar-refractivity contribution in [2.24, 2.45) is 0 Å². The van der Waals surface area contributed by atoms with Crippen LogP contribution in [0.3, 0.4) is 0 Å². The van der Waals surface area contributed by atoms with Crippen LogP contribution >= 0.6 is 0 Å². The van der Waals surface area contributed by atoms with E-state index in [9.17, 15) is 0 Å². The molecule has 0 amide bonds. The Morgan fingerprint density at radius 3 is 1.88 bits per heavy atom. The monoisotopic (exact) mass is 417 g/mol. The summed E-state index contributed by atoms with van der Waals surface area (Å²) in [4.78, 5) is 0. The maximum atomic E-state index is 2.59. The topological polar surface area (TPSA) is 0 Å². The molecule has 0 spiro atoms. The van der Waals surface area contributed by atoms with Gasteiger partial charge in [-0.25, -0.2) is 0 Å². The molecule has 0 N–H and O–H groups in total. The second kappa shape index (κ2) is 7.84. The minimum atomic E-state index is -1.64. The fraction of sp³-hybridized carbons (Fsp3) is 0.200. The third-order valence-electron chi connectivity index (χ3n) is 4.91. The zero-order chi connectivity index (χ0) is 15.1. The van der Waals surface area contributed by atoms with Crippen LogP contribution in [-0.2, 0) is 20.9 Å². The molecule has 0 aliphatic heterocycles. The molecule has 0 unspecified atom stereocenters. The molecule has 0 fully saturated rings. The first-order valence-electron chi connectivity index (χ1n) is 8.18. The van der Waals surface area contributed by atoms with Crippen molar-refractivity contribution in [3.8, 4) is 11.1 Å². The summed E-state index contributed by atoms with van der Waals surface area (Å²) in [6.45, 7) is 5.19. The Morgan fingerprint density at radius 1 is 0.875 bits per heavy atom. The Labute approximate surface area is 151 Å². The van der Waals surface area contributed by atoms with E-state index in [1.54, 1.807) is 11.1 Å². The van der Waals surface area contributed by atoms with Gasteiger partial charge in [-0.15, -0.1) is 0 Å². The molecule has 0 atom stereocenters. The standard InChI is InChI=1S/C13H9.C5H5.C2H7Si.2FH.Zr/c1-3-7-12-10(5-1)9-11-6-2-4-8-13(11)12;1-2-4-5-3-1;1-3-2;;;/h1-9H;1-3H,4H2;3H,1-2H3;2*1H;/q;;;;;+2/p-2. The minimum Gasteiger partial charge on any atom is -1.00 e. The molecule has 0 radical (unpaired) electrons. The SMILES string of the molecule is C[SiH](C)[Zr+2]([C]1=CC=CC1)[CH]1c2ccccc2-c2ccccc21.[F-].[F-].